The Kier molecular flexibility index (Phi) is 3.75. The average molecular weight is 268 g/mol. The van der Waals surface area contributed by atoms with Crippen LogP contribution in [0.5, 0.6) is 0 Å². The maximum absolute atomic E-state index is 11.0. The second kappa shape index (κ2) is 5.16. The molecule has 2 N–H and O–H groups in total. The van der Waals surface area contributed by atoms with E-state index in [9.17, 15) is 15.2 Å². The van der Waals surface area contributed by atoms with Crippen LogP contribution in [-0.4, -0.2) is 32.0 Å². The van der Waals surface area contributed by atoms with Crippen LogP contribution in [0.2, 0.25) is 0 Å². The second-order valence-electron chi connectivity index (χ2n) is 5.30. The van der Waals surface area contributed by atoms with Crippen LogP contribution in [0.15, 0.2) is 0 Å². The standard InChI is InChI=1S/C12H20N4O3/c1-9-10(16(18)19)11(15(2)14-9)13-8-12(17)6-4-3-5-7-12/h13,17H,3-8H2,1-2H3. The molecule has 1 heterocycles. The molecule has 1 aromatic heterocycles. The maximum Gasteiger partial charge on any atom is 0.333 e. The zero-order valence-corrected chi connectivity index (χ0v) is 11.3. The highest BCUT2D eigenvalue weighted by molar-refractivity contribution is 5.59. The van der Waals surface area contributed by atoms with Gasteiger partial charge in [-0.15, -0.1) is 0 Å². The number of hydrogen-bond donors (Lipinski definition) is 2. The average Bonchev–Trinajstić information content (AvgIpc) is 2.62. The number of aromatic nitrogens is 2. The molecular formula is C12H20N4O3. The van der Waals surface area contributed by atoms with Crippen molar-refractivity contribution >= 4 is 11.5 Å². The minimum absolute atomic E-state index is 0.0121. The molecule has 1 fully saturated rings. The zero-order chi connectivity index (χ0) is 14.0. The number of anilines is 1. The lowest BCUT2D eigenvalue weighted by molar-refractivity contribution is -0.384. The van der Waals surface area contributed by atoms with Crippen LogP contribution in [0, 0.1) is 17.0 Å². The lowest BCUT2D eigenvalue weighted by Crippen LogP contribution is -2.39. The molecule has 0 unspecified atom stereocenters. The zero-order valence-electron chi connectivity index (χ0n) is 11.3. The summed E-state index contributed by atoms with van der Waals surface area (Å²) in [6, 6.07) is 0. The number of nitrogens with zero attached hydrogens (tertiary/aromatic N) is 3. The van der Waals surface area contributed by atoms with Crippen molar-refractivity contribution in [2.45, 2.75) is 44.6 Å². The van der Waals surface area contributed by atoms with Crippen molar-refractivity contribution in [3.05, 3.63) is 15.8 Å². The van der Waals surface area contributed by atoms with Gasteiger partial charge < -0.3 is 10.4 Å². The fourth-order valence-corrected chi connectivity index (χ4v) is 2.70. The van der Waals surface area contributed by atoms with E-state index in [1.165, 1.54) is 4.68 Å². The Morgan fingerprint density at radius 1 is 1.47 bits per heavy atom. The van der Waals surface area contributed by atoms with Crippen molar-refractivity contribution in [3.63, 3.8) is 0 Å². The molecule has 1 aliphatic rings. The minimum Gasteiger partial charge on any atom is -0.388 e. The summed E-state index contributed by atoms with van der Waals surface area (Å²) in [5, 5.41) is 28.5. The molecule has 0 aliphatic heterocycles. The fourth-order valence-electron chi connectivity index (χ4n) is 2.70. The monoisotopic (exact) mass is 268 g/mol. The number of aryl methyl sites for hydroxylation is 2. The third kappa shape index (κ3) is 2.86. The molecule has 0 saturated heterocycles. The highest BCUT2D eigenvalue weighted by atomic mass is 16.6. The van der Waals surface area contributed by atoms with Gasteiger partial charge in [0.25, 0.3) is 0 Å². The van der Waals surface area contributed by atoms with Gasteiger partial charge >= 0.3 is 5.69 Å². The van der Waals surface area contributed by atoms with Gasteiger partial charge in [0.05, 0.1) is 10.5 Å². The molecule has 1 aromatic rings. The van der Waals surface area contributed by atoms with Crippen LogP contribution in [0.3, 0.4) is 0 Å². The summed E-state index contributed by atoms with van der Waals surface area (Å²) in [6.45, 7) is 1.94. The van der Waals surface area contributed by atoms with E-state index in [2.05, 4.69) is 10.4 Å². The second-order valence-corrected chi connectivity index (χ2v) is 5.30. The van der Waals surface area contributed by atoms with Gasteiger partial charge in [-0.05, 0) is 19.8 Å². The van der Waals surface area contributed by atoms with E-state index in [1.807, 2.05) is 0 Å². The molecule has 19 heavy (non-hydrogen) atoms. The molecule has 0 amide bonds. The lowest BCUT2D eigenvalue weighted by Gasteiger charge is -2.32. The van der Waals surface area contributed by atoms with Crippen LogP contribution in [0.4, 0.5) is 11.5 Å². The number of nitrogens with one attached hydrogen (secondary N) is 1. The fraction of sp³-hybridized carbons (Fsp3) is 0.750. The van der Waals surface area contributed by atoms with Crippen LogP contribution in [-0.2, 0) is 7.05 Å². The van der Waals surface area contributed by atoms with E-state index >= 15 is 0 Å². The van der Waals surface area contributed by atoms with Gasteiger partial charge in [-0.2, -0.15) is 5.10 Å². The van der Waals surface area contributed by atoms with Crippen LogP contribution >= 0.6 is 0 Å². The molecule has 0 radical (unpaired) electrons. The topological polar surface area (TPSA) is 93.2 Å². The van der Waals surface area contributed by atoms with Crippen LogP contribution in [0.1, 0.15) is 37.8 Å². The number of aliphatic hydroxyl groups is 1. The van der Waals surface area contributed by atoms with Gasteiger partial charge in [0.1, 0.15) is 5.69 Å². The van der Waals surface area contributed by atoms with Crippen LogP contribution in [0.25, 0.3) is 0 Å². The van der Waals surface area contributed by atoms with Crippen molar-refractivity contribution in [2.75, 3.05) is 11.9 Å². The predicted octanol–water partition coefficient (Wildman–Crippen LogP) is 1.74. The third-order valence-electron chi connectivity index (χ3n) is 3.74. The first-order chi connectivity index (χ1) is 8.93. The van der Waals surface area contributed by atoms with Gasteiger partial charge in [-0.3, -0.25) is 10.1 Å². The highest BCUT2D eigenvalue weighted by Gasteiger charge is 2.31. The Bertz CT molecular complexity index is 478. The van der Waals surface area contributed by atoms with Crippen molar-refractivity contribution in [1.82, 2.24) is 9.78 Å². The largest absolute Gasteiger partial charge is 0.388 e. The number of nitro groups is 1. The third-order valence-corrected chi connectivity index (χ3v) is 3.74. The quantitative estimate of drug-likeness (QED) is 0.641. The normalized spacial score (nSPS) is 18.3. The van der Waals surface area contributed by atoms with Gasteiger partial charge in [0.15, 0.2) is 0 Å². The summed E-state index contributed by atoms with van der Waals surface area (Å²) in [5.74, 6) is 0.362. The molecule has 1 aliphatic carbocycles. The van der Waals surface area contributed by atoms with Gasteiger partial charge in [0, 0.05) is 13.6 Å². The molecule has 0 bridgehead atoms. The first-order valence-electron chi connectivity index (χ1n) is 6.57. The molecule has 1 saturated carbocycles. The summed E-state index contributed by atoms with van der Waals surface area (Å²) < 4.78 is 1.46. The molecule has 0 aromatic carbocycles. The van der Waals surface area contributed by atoms with Crippen molar-refractivity contribution in [2.24, 2.45) is 7.05 Å². The summed E-state index contributed by atoms with van der Waals surface area (Å²) in [7, 11) is 1.66. The smallest absolute Gasteiger partial charge is 0.333 e. The Labute approximate surface area is 111 Å². The highest BCUT2D eigenvalue weighted by Crippen LogP contribution is 2.31. The molecule has 0 atom stereocenters. The van der Waals surface area contributed by atoms with Crippen LogP contribution < -0.4 is 5.32 Å². The summed E-state index contributed by atoms with van der Waals surface area (Å²) in [5.41, 5.74) is -0.392. The van der Waals surface area contributed by atoms with Crippen molar-refractivity contribution in [1.29, 1.82) is 0 Å². The number of rotatable bonds is 4. The molecule has 106 valence electrons. The van der Waals surface area contributed by atoms with E-state index in [4.69, 9.17) is 0 Å². The van der Waals surface area contributed by atoms with E-state index < -0.39 is 10.5 Å². The van der Waals surface area contributed by atoms with Crippen molar-refractivity contribution in [3.8, 4) is 0 Å². The van der Waals surface area contributed by atoms with Gasteiger partial charge in [-0.1, -0.05) is 19.3 Å². The Balaban J connectivity index is 2.13. The maximum atomic E-state index is 11.0. The predicted molar refractivity (Wildman–Crippen MR) is 71.1 cm³/mol. The molecule has 2 rings (SSSR count). The van der Waals surface area contributed by atoms with E-state index in [1.54, 1.807) is 14.0 Å². The first-order valence-corrected chi connectivity index (χ1v) is 6.57. The van der Waals surface area contributed by atoms with Gasteiger partial charge in [0.2, 0.25) is 5.82 Å². The number of hydrogen-bond acceptors (Lipinski definition) is 5. The molecular weight excluding hydrogens is 248 g/mol. The summed E-state index contributed by atoms with van der Waals surface area (Å²) >= 11 is 0. The summed E-state index contributed by atoms with van der Waals surface area (Å²) in [4.78, 5) is 10.6. The van der Waals surface area contributed by atoms with Gasteiger partial charge in [-0.25, -0.2) is 4.68 Å². The van der Waals surface area contributed by atoms with Crippen molar-refractivity contribution < 1.29 is 10.0 Å². The SMILES string of the molecule is Cc1nn(C)c(NCC2(O)CCCCC2)c1[N+](=O)[O-]. The first kappa shape index (κ1) is 13.8. The molecule has 0 spiro atoms. The van der Waals surface area contributed by atoms with E-state index in [-0.39, 0.29) is 5.69 Å². The Hall–Kier alpha value is -1.63. The van der Waals surface area contributed by atoms with E-state index in [0.29, 0.717) is 18.1 Å². The Morgan fingerprint density at radius 2 is 2.11 bits per heavy atom. The van der Waals surface area contributed by atoms with E-state index in [0.717, 1.165) is 32.1 Å². The lowest BCUT2D eigenvalue weighted by atomic mass is 9.85. The summed E-state index contributed by atoms with van der Waals surface area (Å²) in [6.07, 6.45) is 4.64. The minimum atomic E-state index is -0.760. The molecule has 7 nitrogen and oxygen atoms in total. The molecule has 7 heteroatoms. The Morgan fingerprint density at radius 3 is 2.68 bits per heavy atom.